The lowest BCUT2D eigenvalue weighted by molar-refractivity contribution is 0.0662. The predicted octanol–water partition coefficient (Wildman–Crippen LogP) is 3.20. The molecule has 0 N–H and O–H groups in total. The summed E-state index contributed by atoms with van der Waals surface area (Å²) in [7, 11) is 0. The summed E-state index contributed by atoms with van der Waals surface area (Å²) >= 11 is 0. The van der Waals surface area contributed by atoms with E-state index in [4.69, 9.17) is 0 Å². The largest absolute Gasteiger partial charge is 0.338 e. The van der Waals surface area contributed by atoms with Crippen molar-refractivity contribution in [2.75, 3.05) is 13.1 Å². The van der Waals surface area contributed by atoms with Crippen LogP contribution in [0, 0.1) is 12.8 Å². The molecule has 3 aromatic rings. The minimum atomic E-state index is 0.0900. The van der Waals surface area contributed by atoms with Crippen LogP contribution in [-0.4, -0.2) is 43.6 Å². The van der Waals surface area contributed by atoms with Gasteiger partial charge in [0.2, 0.25) is 0 Å². The summed E-state index contributed by atoms with van der Waals surface area (Å²) in [5.74, 6) is 0.551. The first-order valence-electron chi connectivity index (χ1n) is 9.35. The Morgan fingerprint density at radius 1 is 1.22 bits per heavy atom. The normalized spacial score (nSPS) is 17.1. The lowest BCUT2D eigenvalue weighted by Gasteiger charge is -2.33. The van der Waals surface area contributed by atoms with Gasteiger partial charge in [-0.2, -0.15) is 10.2 Å². The van der Waals surface area contributed by atoms with E-state index >= 15 is 0 Å². The van der Waals surface area contributed by atoms with Crippen LogP contribution in [0.5, 0.6) is 0 Å². The van der Waals surface area contributed by atoms with Crippen LogP contribution in [0.3, 0.4) is 0 Å². The zero-order valence-corrected chi connectivity index (χ0v) is 15.5. The molecule has 0 radical (unpaired) electrons. The van der Waals surface area contributed by atoms with E-state index in [2.05, 4.69) is 19.7 Å². The molecule has 1 aliphatic rings. The number of rotatable bonds is 4. The second-order valence-electron chi connectivity index (χ2n) is 7.16. The summed E-state index contributed by atoms with van der Waals surface area (Å²) in [6.45, 7) is 4.41. The Balaban J connectivity index is 1.48. The summed E-state index contributed by atoms with van der Waals surface area (Å²) in [5, 5.41) is 8.34. The third-order valence-corrected chi connectivity index (χ3v) is 5.04. The van der Waals surface area contributed by atoms with Crippen molar-refractivity contribution in [1.29, 1.82) is 0 Å². The van der Waals surface area contributed by atoms with Gasteiger partial charge in [-0.1, -0.05) is 12.1 Å². The first kappa shape index (κ1) is 17.4. The number of likely N-dealkylation sites (tertiary alicyclic amines) is 1. The van der Waals surface area contributed by atoms with Gasteiger partial charge < -0.3 is 9.47 Å². The molecule has 1 aliphatic heterocycles. The van der Waals surface area contributed by atoms with E-state index in [-0.39, 0.29) is 5.91 Å². The molecule has 6 heteroatoms. The summed E-state index contributed by atoms with van der Waals surface area (Å²) in [5.41, 5.74) is 3.29. The van der Waals surface area contributed by atoms with Gasteiger partial charge in [-0.05, 0) is 49.9 Å². The van der Waals surface area contributed by atoms with Crippen molar-refractivity contribution in [2.24, 2.45) is 5.92 Å². The minimum absolute atomic E-state index is 0.0900. The molecule has 6 nitrogen and oxygen atoms in total. The predicted molar refractivity (Wildman–Crippen MR) is 103 cm³/mol. The average molecular weight is 361 g/mol. The van der Waals surface area contributed by atoms with E-state index in [0.29, 0.717) is 11.5 Å². The molecule has 1 aromatic carbocycles. The molecule has 1 atom stereocenters. The number of hydrogen-bond donors (Lipinski definition) is 0. The van der Waals surface area contributed by atoms with Gasteiger partial charge in [0.25, 0.3) is 5.91 Å². The fourth-order valence-corrected chi connectivity index (χ4v) is 3.64. The van der Waals surface area contributed by atoms with Crippen molar-refractivity contribution in [2.45, 2.75) is 26.3 Å². The van der Waals surface area contributed by atoms with E-state index in [1.54, 1.807) is 6.20 Å². The molecule has 0 aliphatic carbocycles. The van der Waals surface area contributed by atoms with E-state index < -0.39 is 0 Å². The monoisotopic (exact) mass is 361 g/mol. The summed E-state index contributed by atoms with van der Waals surface area (Å²) in [6.07, 6.45) is 7.79. The van der Waals surface area contributed by atoms with Crippen molar-refractivity contribution < 1.29 is 4.79 Å². The first-order chi connectivity index (χ1) is 13.2. The van der Waals surface area contributed by atoms with Crippen LogP contribution in [0.4, 0.5) is 0 Å². The Bertz CT molecular complexity index is 905. The molecule has 3 heterocycles. The van der Waals surface area contributed by atoms with Crippen molar-refractivity contribution in [3.63, 3.8) is 0 Å². The van der Waals surface area contributed by atoms with Crippen molar-refractivity contribution in [3.05, 3.63) is 66.4 Å². The third-order valence-electron chi connectivity index (χ3n) is 5.04. The zero-order chi connectivity index (χ0) is 18.6. The summed E-state index contributed by atoms with van der Waals surface area (Å²) in [4.78, 5) is 19.1. The van der Waals surface area contributed by atoms with Crippen LogP contribution < -0.4 is 0 Å². The third kappa shape index (κ3) is 4.05. The maximum atomic E-state index is 13.1. The number of aryl methyl sites for hydroxylation is 1. The van der Waals surface area contributed by atoms with Crippen molar-refractivity contribution in [3.8, 4) is 11.3 Å². The van der Waals surface area contributed by atoms with E-state index in [9.17, 15) is 4.79 Å². The first-order valence-corrected chi connectivity index (χ1v) is 9.35. The van der Waals surface area contributed by atoms with Crippen LogP contribution in [0.15, 0.2) is 55.1 Å². The molecular formula is C21H23N5O. The minimum Gasteiger partial charge on any atom is -0.338 e. The lowest BCUT2D eigenvalue weighted by Crippen LogP contribution is -2.41. The van der Waals surface area contributed by atoms with Gasteiger partial charge in [0.15, 0.2) is 0 Å². The summed E-state index contributed by atoms with van der Waals surface area (Å²) in [6, 6.07) is 11.6. The highest BCUT2D eigenvalue weighted by molar-refractivity contribution is 5.95. The smallest absolute Gasteiger partial charge is 0.253 e. The van der Waals surface area contributed by atoms with Crippen LogP contribution in [-0.2, 0) is 6.54 Å². The molecular weight excluding hydrogens is 338 g/mol. The number of carbonyl (C=O) groups excluding carboxylic acids is 1. The highest BCUT2D eigenvalue weighted by Gasteiger charge is 2.25. The molecule has 27 heavy (non-hydrogen) atoms. The standard InChI is InChI=1S/C21H23N5O/c1-16-7-8-20(24-23-16)18-5-2-6-19(12-18)21(27)26-10-3-4-17(14-26)13-25-11-9-22-15-25/h2,5-9,11-12,15,17H,3-4,10,13-14H2,1H3/t17-/m0/s1. The highest BCUT2D eigenvalue weighted by atomic mass is 16.2. The Labute approximate surface area is 158 Å². The number of carbonyl (C=O) groups is 1. The maximum Gasteiger partial charge on any atom is 0.253 e. The molecule has 1 saturated heterocycles. The number of imidazole rings is 1. The van der Waals surface area contributed by atoms with Gasteiger partial charge in [0.05, 0.1) is 17.7 Å². The number of aromatic nitrogens is 4. The van der Waals surface area contributed by atoms with Gasteiger partial charge in [0.1, 0.15) is 0 Å². The molecule has 0 saturated carbocycles. The molecule has 1 amide bonds. The van der Waals surface area contributed by atoms with Crippen LogP contribution >= 0.6 is 0 Å². The van der Waals surface area contributed by atoms with E-state index in [0.717, 1.165) is 49.4 Å². The number of piperidine rings is 1. The van der Waals surface area contributed by atoms with Gasteiger partial charge in [-0.25, -0.2) is 4.98 Å². The molecule has 0 unspecified atom stereocenters. The number of amides is 1. The Morgan fingerprint density at radius 3 is 2.93 bits per heavy atom. The van der Waals surface area contributed by atoms with E-state index in [1.165, 1.54) is 0 Å². The van der Waals surface area contributed by atoms with Crippen molar-refractivity contribution >= 4 is 5.91 Å². The molecule has 138 valence electrons. The second kappa shape index (κ2) is 7.70. The molecule has 0 bridgehead atoms. The number of benzene rings is 1. The van der Waals surface area contributed by atoms with Crippen LogP contribution in [0.25, 0.3) is 11.3 Å². The van der Waals surface area contributed by atoms with Gasteiger partial charge in [-0.15, -0.1) is 0 Å². The van der Waals surface area contributed by atoms with Crippen LogP contribution in [0.2, 0.25) is 0 Å². The Kier molecular flexibility index (Phi) is 4.96. The van der Waals surface area contributed by atoms with E-state index in [1.807, 2.05) is 60.7 Å². The van der Waals surface area contributed by atoms with Gasteiger partial charge in [0, 0.05) is 43.2 Å². The molecule has 1 fully saturated rings. The Morgan fingerprint density at radius 2 is 2.15 bits per heavy atom. The average Bonchev–Trinajstić information content (AvgIpc) is 3.21. The quantitative estimate of drug-likeness (QED) is 0.716. The Hall–Kier alpha value is -3.02. The van der Waals surface area contributed by atoms with Crippen LogP contribution in [0.1, 0.15) is 28.9 Å². The number of hydrogen-bond acceptors (Lipinski definition) is 4. The van der Waals surface area contributed by atoms with Crippen molar-refractivity contribution in [1.82, 2.24) is 24.6 Å². The fraction of sp³-hybridized carbons (Fsp3) is 0.333. The maximum absolute atomic E-state index is 13.1. The molecule has 0 spiro atoms. The highest BCUT2D eigenvalue weighted by Crippen LogP contribution is 2.23. The fourth-order valence-electron chi connectivity index (χ4n) is 3.64. The second-order valence-corrected chi connectivity index (χ2v) is 7.16. The zero-order valence-electron chi connectivity index (χ0n) is 15.5. The molecule has 2 aromatic heterocycles. The SMILES string of the molecule is Cc1ccc(-c2cccc(C(=O)N3CCC[C@@H](Cn4ccnc4)C3)c2)nn1. The van der Waals surface area contributed by atoms with Gasteiger partial charge >= 0.3 is 0 Å². The van der Waals surface area contributed by atoms with Gasteiger partial charge in [-0.3, -0.25) is 4.79 Å². The number of nitrogens with zero attached hydrogens (tertiary/aromatic N) is 5. The topological polar surface area (TPSA) is 63.9 Å². The molecule has 4 rings (SSSR count). The summed E-state index contributed by atoms with van der Waals surface area (Å²) < 4.78 is 2.09. The lowest BCUT2D eigenvalue weighted by atomic mass is 9.97.